The van der Waals surface area contributed by atoms with Crippen molar-refractivity contribution in [2.75, 3.05) is 13.7 Å². The van der Waals surface area contributed by atoms with Crippen molar-refractivity contribution in [3.63, 3.8) is 0 Å². The van der Waals surface area contributed by atoms with Gasteiger partial charge in [-0.3, -0.25) is 19.3 Å². The highest BCUT2D eigenvalue weighted by Crippen LogP contribution is 2.29. The molecule has 128 valence electrons. The maximum Gasteiger partial charge on any atom is 0.229 e. The Balaban J connectivity index is 1.59. The Morgan fingerprint density at radius 3 is 2.33 bits per heavy atom. The molecular formula is C18H22N2O4. The molecule has 1 aliphatic carbocycles. The van der Waals surface area contributed by atoms with E-state index in [1.54, 1.807) is 7.11 Å². The van der Waals surface area contributed by atoms with E-state index in [-0.39, 0.29) is 49.6 Å². The normalized spacial score (nSPS) is 17.3. The van der Waals surface area contributed by atoms with Crippen molar-refractivity contribution < 1.29 is 19.1 Å². The Hall–Kier alpha value is -2.37. The van der Waals surface area contributed by atoms with Crippen LogP contribution in [0.15, 0.2) is 24.3 Å². The Labute approximate surface area is 141 Å². The summed E-state index contributed by atoms with van der Waals surface area (Å²) in [4.78, 5) is 38.9. The minimum Gasteiger partial charge on any atom is -0.497 e. The number of hydrogen-bond acceptors (Lipinski definition) is 4. The average molecular weight is 330 g/mol. The summed E-state index contributed by atoms with van der Waals surface area (Å²) in [5.74, 6) is 0.455. The van der Waals surface area contributed by atoms with E-state index in [2.05, 4.69) is 0 Å². The SMILES string of the molecule is COc1ccc(CN(C(=O)CCN2C(=O)CCC2=O)C2CC2)cc1. The van der Waals surface area contributed by atoms with E-state index in [0.29, 0.717) is 6.54 Å². The van der Waals surface area contributed by atoms with Gasteiger partial charge in [0, 0.05) is 38.4 Å². The van der Waals surface area contributed by atoms with Gasteiger partial charge in [0.2, 0.25) is 17.7 Å². The quantitative estimate of drug-likeness (QED) is 0.714. The number of rotatable bonds is 7. The summed E-state index contributed by atoms with van der Waals surface area (Å²) in [5, 5.41) is 0. The third-order valence-corrected chi connectivity index (χ3v) is 4.52. The Morgan fingerprint density at radius 2 is 1.79 bits per heavy atom. The van der Waals surface area contributed by atoms with Gasteiger partial charge in [-0.15, -0.1) is 0 Å². The van der Waals surface area contributed by atoms with E-state index >= 15 is 0 Å². The predicted octanol–water partition coefficient (Wildman–Crippen LogP) is 1.73. The molecule has 3 amide bonds. The second kappa shape index (κ2) is 7.03. The molecule has 6 nitrogen and oxygen atoms in total. The van der Waals surface area contributed by atoms with Crippen molar-refractivity contribution >= 4 is 17.7 Å². The predicted molar refractivity (Wildman–Crippen MR) is 87.1 cm³/mol. The van der Waals surface area contributed by atoms with Crippen molar-refractivity contribution in [3.05, 3.63) is 29.8 Å². The zero-order valence-electron chi connectivity index (χ0n) is 13.9. The minimum atomic E-state index is -0.166. The summed E-state index contributed by atoms with van der Waals surface area (Å²) < 4.78 is 5.15. The Bertz CT molecular complexity index is 621. The number of ether oxygens (including phenoxy) is 1. The van der Waals surface area contributed by atoms with Crippen LogP contribution in [0.3, 0.4) is 0 Å². The smallest absolute Gasteiger partial charge is 0.229 e. The molecule has 3 rings (SSSR count). The maximum absolute atomic E-state index is 12.6. The van der Waals surface area contributed by atoms with Gasteiger partial charge in [0.1, 0.15) is 5.75 Å². The Morgan fingerprint density at radius 1 is 1.17 bits per heavy atom. The van der Waals surface area contributed by atoms with Gasteiger partial charge < -0.3 is 9.64 Å². The van der Waals surface area contributed by atoms with E-state index in [1.807, 2.05) is 29.2 Å². The molecule has 0 unspecified atom stereocenters. The van der Waals surface area contributed by atoms with Crippen LogP contribution >= 0.6 is 0 Å². The van der Waals surface area contributed by atoms with Crippen LogP contribution in [-0.2, 0) is 20.9 Å². The van der Waals surface area contributed by atoms with E-state index in [0.717, 1.165) is 24.2 Å². The molecule has 0 aromatic heterocycles. The topological polar surface area (TPSA) is 66.9 Å². The molecule has 0 spiro atoms. The first-order valence-electron chi connectivity index (χ1n) is 8.34. The number of hydrogen-bond donors (Lipinski definition) is 0. The summed E-state index contributed by atoms with van der Waals surface area (Å²) in [6.45, 7) is 0.748. The zero-order valence-corrected chi connectivity index (χ0v) is 13.9. The Kier molecular flexibility index (Phi) is 4.83. The van der Waals surface area contributed by atoms with Crippen molar-refractivity contribution in [2.45, 2.75) is 44.7 Å². The number of carbonyl (C=O) groups excluding carboxylic acids is 3. The van der Waals surface area contributed by atoms with Gasteiger partial charge >= 0.3 is 0 Å². The van der Waals surface area contributed by atoms with Gasteiger partial charge in [-0.25, -0.2) is 0 Å². The third kappa shape index (κ3) is 3.75. The second-order valence-electron chi connectivity index (χ2n) is 6.29. The van der Waals surface area contributed by atoms with Crippen molar-refractivity contribution in [1.82, 2.24) is 9.80 Å². The molecule has 0 atom stereocenters. The summed E-state index contributed by atoms with van der Waals surface area (Å²) >= 11 is 0. The molecule has 2 aliphatic rings. The van der Waals surface area contributed by atoms with Crippen LogP contribution in [0, 0.1) is 0 Å². The number of likely N-dealkylation sites (tertiary alicyclic amines) is 1. The first kappa shape index (κ1) is 16.5. The lowest BCUT2D eigenvalue weighted by Crippen LogP contribution is -2.37. The highest BCUT2D eigenvalue weighted by Gasteiger charge is 2.34. The van der Waals surface area contributed by atoms with Gasteiger partial charge in [-0.05, 0) is 30.5 Å². The van der Waals surface area contributed by atoms with Gasteiger partial charge in [0.05, 0.1) is 7.11 Å². The summed E-state index contributed by atoms with van der Waals surface area (Å²) in [6, 6.07) is 7.95. The number of amides is 3. The van der Waals surface area contributed by atoms with Gasteiger partial charge in [0.25, 0.3) is 0 Å². The first-order valence-corrected chi connectivity index (χ1v) is 8.34. The molecule has 1 aliphatic heterocycles. The molecule has 2 fully saturated rings. The number of carbonyl (C=O) groups is 3. The van der Waals surface area contributed by atoms with Crippen LogP contribution in [-0.4, -0.2) is 47.2 Å². The largest absolute Gasteiger partial charge is 0.497 e. The fourth-order valence-corrected chi connectivity index (χ4v) is 2.96. The monoisotopic (exact) mass is 330 g/mol. The molecule has 1 saturated heterocycles. The lowest BCUT2D eigenvalue weighted by Gasteiger charge is -2.24. The van der Waals surface area contributed by atoms with Crippen LogP contribution in [0.2, 0.25) is 0 Å². The number of benzene rings is 1. The number of methoxy groups -OCH3 is 1. The molecule has 0 N–H and O–H groups in total. The standard InChI is InChI=1S/C18H22N2O4/c1-24-15-6-2-13(3-7-15)12-20(14-4-5-14)18(23)10-11-19-16(21)8-9-17(19)22/h2-3,6-7,14H,4-5,8-12H2,1H3. The molecule has 0 radical (unpaired) electrons. The molecule has 1 aromatic carbocycles. The lowest BCUT2D eigenvalue weighted by atomic mass is 10.2. The van der Waals surface area contributed by atoms with Gasteiger partial charge in [-0.2, -0.15) is 0 Å². The van der Waals surface area contributed by atoms with E-state index in [1.165, 1.54) is 4.90 Å². The average Bonchev–Trinajstić information content (AvgIpc) is 3.38. The van der Waals surface area contributed by atoms with Gasteiger partial charge in [-0.1, -0.05) is 12.1 Å². The summed E-state index contributed by atoms with van der Waals surface area (Å²) in [5.41, 5.74) is 1.05. The minimum absolute atomic E-state index is 0.000757. The molecule has 1 heterocycles. The van der Waals surface area contributed by atoms with E-state index < -0.39 is 0 Å². The molecule has 1 saturated carbocycles. The van der Waals surface area contributed by atoms with Crippen LogP contribution in [0.1, 0.15) is 37.7 Å². The van der Waals surface area contributed by atoms with Crippen molar-refractivity contribution in [2.24, 2.45) is 0 Å². The maximum atomic E-state index is 12.6. The van der Waals surface area contributed by atoms with Gasteiger partial charge in [0.15, 0.2) is 0 Å². The highest BCUT2D eigenvalue weighted by atomic mass is 16.5. The number of nitrogens with zero attached hydrogens (tertiary/aromatic N) is 2. The third-order valence-electron chi connectivity index (χ3n) is 4.52. The molecule has 6 heteroatoms. The first-order chi connectivity index (χ1) is 11.6. The van der Waals surface area contributed by atoms with Crippen molar-refractivity contribution in [3.8, 4) is 5.75 Å². The van der Waals surface area contributed by atoms with E-state index in [9.17, 15) is 14.4 Å². The van der Waals surface area contributed by atoms with Crippen LogP contribution in [0.4, 0.5) is 0 Å². The number of imide groups is 1. The fourth-order valence-electron chi connectivity index (χ4n) is 2.96. The van der Waals surface area contributed by atoms with Crippen LogP contribution in [0.25, 0.3) is 0 Å². The second-order valence-corrected chi connectivity index (χ2v) is 6.29. The summed E-state index contributed by atoms with van der Waals surface area (Å²) in [6.07, 6.45) is 2.77. The zero-order chi connectivity index (χ0) is 17.1. The highest BCUT2D eigenvalue weighted by molar-refractivity contribution is 6.02. The van der Waals surface area contributed by atoms with Crippen molar-refractivity contribution in [1.29, 1.82) is 0 Å². The molecule has 1 aromatic rings. The molecule has 24 heavy (non-hydrogen) atoms. The molecule has 0 bridgehead atoms. The molecular weight excluding hydrogens is 308 g/mol. The lowest BCUT2D eigenvalue weighted by molar-refractivity contribution is -0.139. The van der Waals surface area contributed by atoms with Crippen LogP contribution in [0.5, 0.6) is 5.75 Å². The van der Waals surface area contributed by atoms with E-state index in [4.69, 9.17) is 4.74 Å². The fraction of sp³-hybridized carbons (Fsp3) is 0.500. The van der Waals surface area contributed by atoms with Crippen LogP contribution < -0.4 is 4.74 Å². The summed E-state index contributed by atoms with van der Waals surface area (Å²) in [7, 11) is 1.62.